The lowest BCUT2D eigenvalue weighted by atomic mass is 9.31. The topological polar surface area (TPSA) is 410 Å². The molecule has 5 aliphatic carbocycles. The van der Waals surface area contributed by atoms with Gasteiger partial charge in [-0.25, -0.2) is 4.79 Å². The van der Waals surface area contributed by atoms with Crippen molar-refractivity contribution in [3.05, 3.63) is 11.6 Å². The molecule has 4 saturated carbocycles. The second-order valence-corrected chi connectivity index (χ2v) is 28.5. The summed E-state index contributed by atoms with van der Waals surface area (Å²) in [5.41, 5.74) is -3.75. The Morgan fingerprint density at radius 2 is 1.11 bits per heavy atom. The van der Waals surface area contributed by atoms with Crippen molar-refractivity contribution in [3.63, 3.8) is 0 Å². The minimum Gasteiger partial charge on any atom is -0.479 e. The number of esters is 1. The van der Waals surface area contributed by atoms with Gasteiger partial charge in [0.1, 0.15) is 90.9 Å². The van der Waals surface area contributed by atoms with E-state index in [-0.39, 0.29) is 35.5 Å². The van der Waals surface area contributed by atoms with Crippen LogP contribution in [0.15, 0.2) is 11.6 Å². The molecule has 0 bridgehead atoms. The molecule has 31 atom stereocenters. The molecule has 0 unspecified atom stereocenters. The first-order chi connectivity index (χ1) is 39.1. The predicted octanol–water partition coefficient (Wildman–Crippen LogP) is -1.81. The Bertz CT molecular complexity index is 2430. The van der Waals surface area contributed by atoms with Crippen LogP contribution in [0.25, 0.3) is 0 Å². The summed E-state index contributed by atoms with van der Waals surface area (Å²) in [6.07, 6.45) is -31.3. The van der Waals surface area contributed by atoms with E-state index in [1.165, 1.54) is 6.92 Å². The van der Waals surface area contributed by atoms with Crippen LogP contribution in [0.2, 0.25) is 0 Å². The second kappa shape index (κ2) is 22.9. The van der Waals surface area contributed by atoms with Crippen molar-refractivity contribution in [1.29, 1.82) is 0 Å². The third kappa shape index (κ3) is 10.3. The van der Waals surface area contributed by atoms with Gasteiger partial charge in [0.25, 0.3) is 0 Å². The fourth-order valence-corrected chi connectivity index (χ4v) is 18.1. The molecule has 0 radical (unpaired) electrons. The van der Waals surface area contributed by atoms with Crippen LogP contribution in [0.1, 0.15) is 120 Å². The standard InChI is InChI=1S/C58H92O26/c1-23-41(80-47-40(71)42(26(61)21-76-47)81-46-37(68)32(63)24(59)19-75-46)36(67)39(70)48(78-23)83-44-33(64)25(60)20-77-50(44)84-51(74)58-17-16-52(2,3)22-57(58,9)29-11-10-28-54(6)14-13-31(79-49-38(69)34(65)35(66)43(82-49)45(72)73)53(4,5)27(54)12-15-55(28,7)56(29,8)18-30(58)62/h11,23-28,30-44,46-50,59-71H,10,12-22H2,1-9H3,(H,72,73)/t23-,24+,25-,26+,27-,28+,30+,31-,32-,33-,34-,35-,36-,37+,38+,39+,40+,41-,42-,43-,44+,46-,47-,48-,49+,50-,54-,55+,56+,57-,58+/m0/s1. The smallest absolute Gasteiger partial charge is 0.335 e. The first kappa shape index (κ1) is 64.8. The van der Waals surface area contributed by atoms with E-state index < -0.39 is 206 Å². The molecule has 26 heteroatoms. The van der Waals surface area contributed by atoms with E-state index in [0.717, 1.165) is 18.4 Å². The van der Waals surface area contributed by atoms with Gasteiger partial charge in [-0.05, 0) is 104 Å². The summed E-state index contributed by atoms with van der Waals surface area (Å²) in [5.74, 6) is -2.17. The summed E-state index contributed by atoms with van der Waals surface area (Å²) in [4.78, 5) is 27.6. The molecule has 10 aliphatic rings. The lowest BCUT2D eigenvalue weighted by Gasteiger charge is -2.73. The summed E-state index contributed by atoms with van der Waals surface area (Å²) < 4.78 is 58.9. The van der Waals surface area contributed by atoms with Crippen LogP contribution >= 0.6 is 0 Å². The Morgan fingerprint density at radius 1 is 0.536 bits per heavy atom. The minimum atomic E-state index is -1.97. The van der Waals surface area contributed by atoms with Crippen LogP contribution in [0.4, 0.5) is 0 Å². The molecule has 0 aromatic heterocycles. The molecule has 9 fully saturated rings. The first-order valence-electron chi connectivity index (χ1n) is 29.9. The molecule has 480 valence electrons. The molecular formula is C58H92O26. The van der Waals surface area contributed by atoms with Crippen molar-refractivity contribution in [2.24, 2.45) is 49.7 Å². The van der Waals surface area contributed by atoms with Gasteiger partial charge >= 0.3 is 11.9 Å². The SMILES string of the molecule is C[C@@H]1O[C@@H](O[C@H]2[C@H](OC(=O)[C@]34CCC(C)(C)C[C@@]3(C)C3=CC[C@@H]5[C@@]6(C)CC[C@H](O[C@@H]7O[C@H](C(=O)O)[C@@H](O)[C@H](O)[C@H]7O)C(C)(C)[C@@H]6CC[C@@]5(C)[C@]3(C)C[C@H]4O)OC[C@H](O)[C@@H]2O)[C@H](O)[C@H](O)[C@H]1O[C@@H]1OC[C@@H](O)[C@H](O[C@@H]2OC[C@@H](O)[C@H](O)[C@H]2O)[C@H]1O. The highest BCUT2D eigenvalue weighted by molar-refractivity contribution is 5.81. The Labute approximate surface area is 487 Å². The molecule has 0 spiro atoms. The number of rotatable bonds is 11. The molecule has 14 N–H and O–H groups in total. The quantitative estimate of drug-likeness (QED) is 0.0616. The Balaban J connectivity index is 0.858. The number of carboxylic acid groups (broad SMARTS) is 1. The molecule has 84 heavy (non-hydrogen) atoms. The number of aliphatic hydroxyl groups is 13. The molecule has 5 heterocycles. The fourth-order valence-electron chi connectivity index (χ4n) is 18.1. The average molecular weight is 1210 g/mol. The number of aliphatic hydroxyl groups excluding tert-OH is 13. The van der Waals surface area contributed by atoms with E-state index in [1.807, 2.05) is 6.92 Å². The lowest BCUT2D eigenvalue weighted by Crippen LogP contribution is -2.71. The summed E-state index contributed by atoms with van der Waals surface area (Å²) in [6, 6.07) is 0. The van der Waals surface area contributed by atoms with Crippen molar-refractivity contribution >= 4 is 11.9 Å². The number of ether oxygens (including phenoxy) is 10. The van der Waals surface area contributed by atoms with E-state index in [1.54, 1.807) is 0 Å². The number of aliphatic carboxylic acids is 1. The van der Waals surface area contributed by atoms with Gasteiger partial charge in [-0.1, -0.05) is 67.0 Å². The molecule has 26 nitrogen and oxygen atoms in total. The van der Waals surface area contributed by atoms with Crippen LogP contribution in [0.3, 0.4) is 0 Å². The Kier molecular flexibility index (Phi) is 17.7. The summed E-state index contributed by atoms with van der Waals surface area (Å²) in [5, 5.41) is 153. The van der Waals surface area contributed by atoms with Crippen molar-refractivity contribution < 1.29 is 128 Å². The second-order valence-electron chi connectivity index (χ2n) is 28.5. The van der Waals surface area contributed by atoms with Crippen molar-refractivity contribution in [2.75, 3.05) is 19.8 Å². The van der Waals surface area contributed by atoms with Gasteiger partial charge in [0.05, 0.1) is 38.1 Å². The van der Waals surface area contributed by atoms with Crippen molar-refractivity contribution in [3.8, 4) is 0 Å². The van der Waals surface area contributed by atoms with Crippen molar-refractivity contribution in [1.82, 2.24) is 0 Å². The molecule has 0 aromatic rings. The number of carboxylic acids is 1. The molecule has 0 amide bonds. The lowest BCUT2D eigenvalue weighted by molar-refractivity contribution is -0.375. The zero-order valence-corrected chi connectivity index (χ0v) is 49.2. The number of carbonyl (C=O) groups is 2. The molecule has 10 rings (SSSR count). The van der Waals surface area contributed by atoms with Crippen LogP contribution in [0, 0.1) is 49.7 Å². The Hall–Kier alpha value is -2.20. The number of hydrogen-bond acceptors (Lipinski definition) is 25. The maximum absolute atomic E-state index is 15.6. The van der Waals surface area contributed by atoms with E-state index in [2.05, 4.69) is 54.5 Å². The highest BCUT2D eigenvalue weighted by Crippen LogP contribution is 2.78. The van der Waals surface area contributed by atoms with Gasteiger partial charge in [-0.2, -0.15) is 0 Å². The van der Waals surface area contributed by atoms with Crippen molar-refractivity contribution in [2.45, 2.75) is 268 Å². The zero-order chi connectivity index (χ0) is 61.5. The average Bonchev–Trinajstić information content (AvgIpc) is 0.668. The molecule has 5 aliphatic heterocycles. The number of carbonyl (C=O) groups excluding carboxylic acids is 1. The maximum atomic E-state index is 15.6. The molecular weight excluding hydrogens is 1110 g/mol. The highest BCUT2D eigenvalue weighted by Gasteiger charge is 2.75. The largest absolute Gasteiger partial charge is 0.479 e. The number of fused-ring (bicyclic) bond motifs is 7. The zero-order valence-electron chi connectivity index (χ0n) is 49.2. The monoisotopic (exact) mass is 1200 g/mol. The summed E-state index contributed by atoms with van der Waals surface area (Å²) in [7, 11) is 0. The predicted molar refractivity (Wildman–Crippen MR) is 283 cm³/mol. The van der Waals surface area contributed by atoms with Crippen LogP contribution in [-0.2, 0) is 57.0 Å². The molecule has 0 aromatic carbocycles. The highest BCUT2D eigenvalue weighted by atomic mass is 16.8. The van der Waals surface area contributed by atoms with Gasteiger partial charge in [0.2, 0.25) is 6.29 Å². The van der Waals surface area contributed by atoms with Crippen LogP contribution in [0.5, 0.6) is 0 Å². The first-order valence-corrected chi connectivity index (χ1v) is 29.9. The fraction of sp³-hybridized carbons (Fsp3) is 0.931. The molecule has 5 saturated heterocycles. The summed E-state index contributed by atoms with van der Waals surface area (Å²) in [6.45, 7) is 17.4. The van der Waals surface area contributed by atoms with Gasteiger partial charge in [0.15, 0.2) is 37.4 Å². The van der Waals surface area contributed by atoms with Crippen LogP contribution < -0.4 is 0 Å². The van der Waals surface area contributed by atoms with Gasteiger partial charge in [-0.15, -0.1) is 0 Å². The normalized spacial score (nSPS) is 54.6. The third-order valence-electron chi connectivity index (χ3n) is 22.8. The Morgan fingerprint density at radius 3 is 1.77 bits per heavy atom. The van der Waals surface area contributed by atoms with E-state index in [9.17, 15) is 76.3 Å². The minimum absolute atomic E-state index is 0.0596. The van der Waals surface area contributed by atoms with Gasteiger partial charge in [-0.3, -0.25) is 4.79 Å². The van der Waals surface area contributed by atoms with Crippen LogP contribution in [-0.4, -0.2) is 251 Å². The van der Waals surface area contributed by atoms with E-state index in [0.29, 0.717) is 32.1 Å². The maximum Gasteiger partial charge on any atom is 0.335 e. The number of hydrogen-bond donors (Lipinski definition) is 14. The van der Waals surface area contributed by atoms with E-state index >= 15 is 4.79 Å². The van der Waals surface area contributed by atoms with Gasteiger partial charge < -0.3 is 119 Å². The van der Waals surface area contributed by atoms with E-state index in [4.69, 9.17) is 47.4 Å². The third-order valence-corrected chi connectivity index (χ3v) is 22.8. The van der Waals surface area contributed by atoms with Gasteiger partial charge in [0, 0.05) is 5.41 Å². The summed E-state index contributed by atoms with van der Waals surface area (Å²) >= 11 is 0. The number of allylic oxidation sites excluding steroid dienone is 2.